The number of ether oxygens (including phenoxy) is 2. The van der Waals surface area contributed by atoms with Gasteiger partial charge < -0.3 is 14.6 Å². The Hall–Kier alpha value is -1.76. The van der Waals surface area contributed by atoms with Gasteiger partial charge in [-0.3, -0.25) is 0 Å². The Bertz CT molecular complexity index is 789. The molecular weight excluding hydrogens is 397 g/mol. The Balaban J connectivity index is 1.73. The zero-order chi connectivity index (χ0) is 21.9. The van der Waals surface area contributed by atoms with E-state index in [4.69, 9.17) is 9.47 Å². The van der Waals surface area contributed by atoms with Crippen LogP contribution < -0.4 is 4.74 Å². The van der Waals surface area contributed by atoms with E-state index in [0.29, 0.717) is 17.8 Å². The number of hydrogen-bond acceptors (Lipinski definition) is 3. The number of benzene rings is 1. The molecule has 4 saturated carbocycles. The first-order valence-electron chi connectivity index (χ1n) is 10.6. The minimum atomic E-state index is -4.65. The van der Waals surface area contributed by atoms with Gasteiger partial charge >= 0.3 is 12.1 Å². The topological polar surface area (TPSA) is 55.8 Å². The first-order valence-corrected chi connectivity index (χ1v) is 10.6. The molecule has 5 rings (SSSR count). The van der Waals surface area contributed by atoms with E-state index in [-0.39, 0.29) is 11.0 Å². The smallest absolute Gasteiger partial charge is 0.419 e. The van der Waals surface area contributed by atoms with E-state index in [1.54, 1.807) is 0 Å². The van der Waals surface area contributed by atoms with E-state index in [0.717, 1.165) is 37.5 Å². The first-order chi connectivity index (χ1) is 13.8. The van der Waals surface area contributed by atoms with Crippen molar-refractivity contribution in [1.82, 2.24) is 0 Å². The average Bonchev–Trinajstić information content (AvgIpc) is 2.57. The van der Waals surface area contributed by atoms with Gasteiger partial charge in [0.2, 0.25) is 6.29 Å². The van der Waals surface area contributed by atoms with Gasteiger partial charge in [0.1, 0.15) is 5.75 Å². The molecule has 4 bridgehead atoms. The largest absolute Gasteiger partial charge is 0.478 e. The standard InChI is InChI=1S/C23H29F3O4/c1-21(2,3)30-20(22-10-13-6-14(11-22)8-15(7-13)12-22)29-18-9-16(19(27)28)4-5-17(18)23(24,25)26/h4-5,9,13-15,20H,6-8,10-12H2,1-3H3,(H,27,28). The molecule has 4 aliphatic rings. The summed E-state index contributed by atoms with van der Waals surface area (Å²) in [4.78, 5) is 11.4. The highest BCUT2D eigenvalue weighted by molar-refractivity contribution is 5.88. The molecule has 4 fully saturated rings. The number of carbonyl (C=O) groups is 1. The summed E-state index contributed by atoms with van der Waals surface area (Å²) in [5.41, 5.74) is -2.15. The minimum Gasteiger partial charge on any atom is -0.478 e. The monoisotopic (exact) mass is 426 g/mol. The van der Waals surface area contributed by atoms with Crippen LogP contribution in [0.2, 0.25) is 0 Å². The van der Waals surface area contributed by atoms with Crippen molar-refractivity contribution < 1.29 is 32.5 Å². The van der Waals surface area contributed by atoms with Crippen LogP contribution in [0.25, 0.3) is 0 Å². The van der Waals surface area contributed by atoms with E-state index >= 15 is 0 Å². The fourth-order valence-electron chi connectivity index (χ4n) is 6.16. The number of halogens is 3. The van der Waals surface area contributed by atoms with Gasteiger partial charge in [-0.1, -0.05) is 0 Å². The van der Waals surface area contributed by atoms with E-state index in [2.05, 4.69) is 0 Å². The average molecular weight is 426 g/mol. The Kier molecular flexibility index (Phi) is 5.11. The summed E-state index contributed by atoms with van der Waals surface area (Å²) in [6, 6.07) is 2.72. The predicted octanol–water partition coefficient (Wildman–Crippen LogP) is 6.14. The molecule has 0 spiro atoms. The van der Waals surface area contributed by atoms with Gasteiger partial charge in [0.25, 0.3) is 0 Å². The molecule has 166 valence electrons. The zero-order valence-corrected chi connectivity index (χ0v) is 17.6. The molecule has 7 heteroatoms. The van der Waals surface area contributed by atoms with Crippen molar-refractivity contribution in [2.45, 2.75) is 77.4 Å². The van der Waals surface area contributed by atoms with Crippen LogP contribution in [0.15, 0.2) is 18.2 Å². The molecule has 0 radical (unpaired) electrons. The lowest BCUT2D eigenvalue weighted by molar-refractivity contribution is -0.250. The van der Waals surface area contributed by atoms with Crippen molar-refractivity contribution in [2.75, 3.05) is 0 Å². The van der Waals surface area contributed by atoms with E-state index < -0.39 is 35.3 Å². The number of hydrogen-bond donors (Lipinski definition) is 1. The Morgan fingerprint density at radius 2 is 1.60 bits per heavy atom. The summed E-state index contributed by atoms with van der Waals surface area (Å²) in [7, 11) is 0. The van der Waals surface area contributed by atoms with Crippen molar-refractivity contribution in [1.29, 1.82) is 0 Å². The van der Waals surface area contributed by atoms with Crippen LogP contribution in [0.5, 0.6) is 5.75 Å². The summed E-state index contributed by atoms with van der Waals surface area (Å²) in [6.45, 7) is 5.59. The Morgan fingerprint density at radius 3 is 2.03 bits per heavy atom. The highest BCUT2D eigenvalue weighted by Crippen LogP contribution is 2.62. The molecule has 30 heavy (non-hydrogen) atoms. The number of aromatic carboxylic acids is 1. The zero-order valence-electron chi connectivity index (χ0n) is 17.6. The molecule has 1 aromatic rings. The minimum absolute atomic E-state index is 0.238. The summed E-state index contributed by atoms with van der Waals surface area (Å²) >= 11 is 0. The molecule has 0 aromatic heterocycles. The second-order valence-corrected chi connectivity index (χ2v) is 10.5. The van der Waals surface area contributed by atoms with Crippen LogP contribution in [0.1, 0.15) is 75.2 Å². The number of alkyl halides is 3. The van der Waals surface area contributed by atoms with E-state index in [1.165, 1.54) is 19.3 Å². The highest BCUT2D eigenvalue weighted by atomic mass is 19.4. The van der Waals surface area contributed by atoms with Crippen molar-refractivity contribution in [3.05, 3.63) is 29.3 Å². The highest BCUT2D eigenvalue weighted by Gasteiger charge is 2.56. The normalized spacial score (nSPS) is 31.6. The van der Waals surface area contributed by atoms with Gasteiger partial charge in [0, 0.05) is 5.41 Å². The molecule has 1 atom stereocenters. The summed E-state index contributed by atoms with van der Waals surface area (Å²) in [5, 5.41) is 9.29. The summed E-state index contributed by atoms with van der Waals surface area (Å²) < 4.78 is 53.3. The van der Waals surface area contributed by atoms with Crippen LogP contribution in [0.4, 0.5) is 13.2 Å². The molecule has 1 unspecified atom stereocenters. The fraction of sp³-hybridized carbons (Fsp3) is 0.696. The van der Waals surface area contributed by atoms with Gasteiger partial charge in [0.15, 0.2) is 0 Å². The van der Waals surface area contributed by atoms with Gasteiger partial charge in [0.05, 0.1) is 16.7 Å². The lowest BCUT2D eigenvalue weighted by Crippen LogP contribution is -2.55. The second kappa shape index (κ2) is 7.14. The number of rotatable bonds is 5. The van der Waals surface area contributed by atoms with Crippen LogP contribution in [0.3, 0.4) is 0 Å². The molecule has 1 aromatic carbocycles. The number of carboxylic acids is 1. The van der Waals surface area contributed by atoms with E-state index in [9.17, 15) is 23.1 Å². The predicted molar refractivity (Wildman–Crippen MR) is 104 cm³/mol. The third-order valence-corrected chi connectivity index (χ3v) is 6.81. The van der Waals surface area contributed by atoms with Crippen molar-refractivity contribution in [2.24, 2.45) is 23.2 Å². The summed E-state index contributed by atoms with van der Waals surface area (Å²) in [5.74, 6) is -0.0564. The van der Waals surface area contributed by atoms with Crippen molar-refractivity contribution in [3.8, 4) is 5.75 Å². The molecular formula is C23H29F3O4. The summed E-state index contributed by atoms with van der Waals surface area (Å²) in [6.07, 6.45) is 0.715. The van der Waals surface area contributed by atoms with Gasteiger partial charge in [-0.25, -0.2) is 4.79 Å². The lowest BCUT2D eigenvalue weighted by atomic mass is 9.49. The number of carboxylic acid groups (broad SMARTS) is 1. The molecule has 1 N–H and O–H groups in total. The molecule has 4 nitrogen and oxygen atoms in total. The molecule has 0 saturated heterocycles. The lowest BCUT2D eigenvalue weighted by Gasteiger charge is -2.59. The van der Waals surface area contributed by atoms with E-state index in [1.807, 2.05) is 20.8 Å². The van der Waals surface area contributed by atoms with Crippen molar-refractivity contribution in [3.63, 3.8) is 0 Å². The Labute approximate surface area is 174 Å². The Morgan fingerprint density at radius 1 is 1.07 bits per heavy atom. The van der Waals surface area contributed by atoms with Crippen LogP contribution in [-0.4, -0.2) is 23.0 Å². The molecule has 0 aliphatic heterocycles. The van der Waals surface area contributed by atoms with Gasteiger partial charge in [-0.2, -0.15) is 13.2 Å². The fourth-order valence-corrected chi connectivity index (χ4v) is 6.16. The maximum absolute atomic E-state index is 13.7. The molecule has 0 heterocycles. The van der Waals surface area contributed by atoms with Crippen LogP contribution in [0, 0.1) is 23.2 Å². The SMILES string of the molecule is CC(C)(C)OC(Oc1cc(C(=O)O)ccc1C(F)(F)F)C12CC3CC(CC(C3)C1)C2. The second-order valence-electron chi connectivity index (χ2n) is 10.5. The third kappa shape index (κ3) is 4.18. The molecule has 4 aliphatic carbocycles. The van der Waals surface area contributed by atoms with Crippen molar-refractivity contribution >= 4 is 5.97 Å². The van der Waals surface area contributed by atoms with Crippen LogP contribution >= 0.6 is 0 Å². The van der Waals surface area contributed by atoms with Crippen LogP contribution in [-0.2, 0) is 10.9 Å². The van der Waals surface area contributed by atoms with Gasteiger partial charge in [-0.15, -0.1) is 0 Å². The first kappa shape index (κ1) is 21.5. The van der Waals surface area contributed by atoms with Gasteiger partial charge in [-0.05, 0) is 95.2 Å². The molecule has 0 amide bonds. The third-order valence-electron chi connectivity index (χ3n) is 6.81. The maximum Gasteiger partial charge on any atom is 0.419 e. The quantitative estimate of drug-likeness (QED) is 0.575. The maximum atomic E-state index is 13.7.